The van der Waals surface area contributed by atoms with Crippen molar-refractivity contribution in [1.29, 1.82) is 0 Å². The molecular formula is C9H7ClFNS. The molecule has 0 fully saturated rings. The second-order valence-electron chi connectivity index (χ2n) is 2.78. The zero-order valence-corrected chi connectivity index (χ0v) is 8.25. The highest BCUT2D eigenvalue weighted by molar-refractivity contribution is 7.17. The van der Waals surface area contributed by atoms with Crippen LogP contribution in [0.4, 0.5) is 10.1 Å². The summed E-state index contributed by atoms with van der Waals surface area (Å²) in [7, 11) is 0. The third-order valence-electron chi connectivity index (χ3n) is 1.87. The molecule has 4 heteroatoms. The quantitative estimate of drug-likeness (QED) is 0.573. The van der Waals surface area contributed by atoms with Gasteiger partial charge >= 0.3 is 0 Å². The van der Waals surface area contributed by atoms with Crippen LogP contribution in [0.3, 0.4) is 0 Å². The third kappa shape index (κ3) is 1.38. The minimum atomic E-state index is -0.223. The molecule has 0 amide bonds. The van der Waals surface area contributed by atoms with Gasteiger partial charge in [-0.2, -0.15) is 0 Å². The molecule has 0 saturated heterocycles. The molecular weight excluding hydrogens is 209 g/mol. The van der Waals surface area contributed by atoms with Gasteiger partial charge in [-0.05, 0) is 17.7 Å². The zero-order chi connectivity index (χ0) is 9.42. The first kappa shape index (κ1) is 8.78. The van der Waals surface area contributed by atoms with E-state index in [1.165, 1.54) is 16.7 Å². The van der Waals surface area contributed by atoms with Crippen LogP contribution in [0.1, 0.15) is 5.56 Å². The fraction of sp³-hybridized carbons (Fsp3) is 0.111. The van der Waals surface area contributed by atoms with Crippen LogP contribution in [0.5, 0.6) is 0 Å². The van der Waals surface area contributed by atoms with Crippen LogP contribution in [0.2, 0.25) is 0 Å². The summed E-state index contributed by atoms with van der Waals surface area (Å²) in [6.45, 7) is 0. The van der Waals surface area contributed by atoms with Gasteiger partial charge in [-0.3, -0.25) is 0 Å². The van der Waals surface area contributed by atoms with Crippen molar-refractivity contribution in [3.8, 4) is 0 Å². The molecule has 0 radical (unpaired) electrons. The molecule has 2 aromatic rings. The number of benzene rings is 1. The standard InChI is InChI=1S/C9H7ClFNS/c10-3-5-1-6-7(11)4-13-9(6)8(12)2-5/h1-2,4H,3,12H2. The predicted molar refractivity (Wildman–Crippen MR) is 55.8 cm³/mol. The number of anilines is 1. The topological polar surface area (TPSA) is 26.0 Å². The number of rotatable bonds is 1. The molecule has 68 valence electrons. The Balaban J connectivity index is 2.80. The van der Waals surface area contributed by atoms with Crippen LogP contribution in [0.25, 0.3) is 10.1 Å². The summed E-state index contributed by atoms with van der Waals surface area (Å²) >= 11 is 6.96. The molecule has 0 aliphatic carbocycles. The number of nitrogens with two attached hydrogens (primary N) is 1. The lowest BCUT2D eigenvalue weighted by Crippen LogP contribution is -1.87. The molecule has 1 heterocycles. The maximum Gasteiger partial charge on any atom is 0.141 e. The summed E-state index contributed by atoms with van der Waals surface area (Å²) in [4.78, 5) is 0. The molecule has 0 aliphatic heterocycles. The molecule has 0 saturated carbocycles. The average Bonchev–Trinajstić information content (AvgIpc) is 2.48. The van der Waals surface area contributed by atoms with E-state index in [9.17, 15) is 4.39 Å². The van der Waals surface area contributed by atoms with Gasteiger partial charge < -0.3 is 5.73 Å². The number of nitrogen functional groups attached to an aromatic ring is 1. The van der Waals surface area contributed by atoms with Gasteiger partial charge in [0.2, 0.25) is 0 Å². The van der Waals surface area contributed by atoms with E-state index in [1.54, 1.807) is 12.1 Å². The summed E-state index contributed by atoms with van der Waals surface area (Å²) in [6.07, 6.45) is 0. The molecule has 1 aromatic heterocycles. The largest absolute Gasteiger partial charge is 0.398 e. The van der Waals surface area contributed by atoms with Crippen LogP contribution in [-0.4, -0.2) is 0 Å². The van der Waals surface area contributed by atoms with E-state index in [4.69, 9.17) is 17.3 Å². The van der Waals surface area contributed by atoms with Crippen LogP contribution < -0.4 is 5.73 Å². The van der Waals surface area contributed by atoms with E-state index in [-0.39, 0.29) is 5.82 Å². The van der Waals surface area contributed by atoms with E-state index in [1.807, 2.05) is 0 Å². The Hall–Kier alpha value is -0.800. The maximum absolute atomic E-state index is 13.2. The lowest BCUT2D eigenvalue weighted by molar-refractivity contribution is 0.644. The van der Waals surface area contributed by atoms with Gasteiger partial charge in [0, 0.05) is 22.3 Å². The number of thiophene rings is 1. The van der Waals surface area contributed by atoms with E-state index in [0.717, 1.165) is 10.3 Å². The lowest BCUT2D eigenvalue weighted by atomic mass is 10.1. The Morgan fingerprint density at radius 3 is 2.92 bits per heavy atom. The Morgan fingerprint density at radius 1 is 1.46 bits per heavy atom. The van der Waals surface area contributed by atoms with E-state index in [2.05, 4.69) is 0 Å². The first-order valence-electron chi connectivity index (χ1n) is 3.73. The summed E-state index contributed by atoms with van der Waals surface area (Å²) in [6, 6.07) is 3.52. The van der Waals surface area contributed by atoms with Crippen molar-refractivity contribution >= 4 is 38.7 Å². The van der Waals surface area contributed by atoms with Crippen molar-refractivity contribution in [1.82, 2.24) is 0 Å². The van der Waals surface area contributed by atoms with Crippen molar-refractivity contribution in [2.75, 3.05) is 5.73 Å². The van der Waals surface area contributed by atoms with Gasteiger partial charge in [0.1, 0.15) is 5.82 Å². The molecule has 2 N–H and O–H groups in total. The molecule has 0 atom stereocenters. The van der Waals surface area contributed by atoms with Crippen LogP contribution in [-0.2, 0) is 5.88 Å². The average molecular weight is 216 g/mol. The molecule has 2 rings (SSSR count). The number of fused-ring (bicyclic) bond motifs is 1. The first-order valence-corrected chi connectivity index (χ1v) is 5.15. The van der Waals surface area contributed by atoms with Gasteiger partial charge in [-0.25, -0.2) is 4.39 Å². The summed E-state index contributed by atoms with van der Waals surface area (Å²) in [5, 5.41) is 2.03. The van der Waals surface area contributed by atoms with E-state index in [0.29, 0.717) is 17.0 Å². The van der Waals surface area contributed by atoms with Crippen molar-refractivity contribution in [2.24, 2.45) is 0 Å². The number of halogens is 2. The predicted octanol–water partition coefficient (Wildman–Crippen LogP) is 3.36. The zero-order valence-electron chi connectivity index (χ0n) is 6.68. The van der Waals surface area contributed by atoms with Crippen molar-refractivity contribution < 1.29 is 4.39 Å². The Bertz CT molecular complexity index is 452. The Kier molecular flexibility index (Phi) is 2.14. The molecule has 1 aromatic carbocycles. The molecule has 0 aliphatic rings. The lowest BCUT2D eigenvalue weighted by Gasteiger charge is -1.99. The summed E-state index contributed by atoms with van der Waals surface area (Å²) < 4.78 is 14.0. The van der Waals surface area contributed by atoms with Crippen LogP contribution in [0, 0.1) is 5.82 Å². The fourth-order valence-corrected chi connectivity index (χ4v) is 2.25. The van der Waals surface area contributed by atoms with Gasteiger partial charge in [0.15, 0.2) is 0 Å². The highest BCUT2D eigenvalue weighted by atomic mass is 35.5. The first-order chi connectivity index (χ1) is 6.22. The molecule has 0 spiro atoms. The highest BCUT2D eigenvalue weighted by Crippen LogP contribution is 2.31. The van der Waals surface area contributed by atoms with Gasteiger partial charge in [-0.15, -0.1) is 22.9 Å². The van der Waals surface area contributed by atoms with Crippen molar-refractivity contribution in [3.05, 3.63) is 28.9 Å². The number of hydrogen-bond acceptors (Lipinski definition) is 2. The molecule has 1 nitrogen and oxygen atoms in total. The molecule has 13 heavy (non-hydrogen) atoms. The monoisotopic (exact) mass is 215 g/mol. The molecule has 0 bridgehead atoms. The minimum Gasteiger partial charge on any atom is -0.398 e. The summed E-state index contributed by atoms with van der Waals surface area (Å²) in [5.41, 5.74) is 7.18. The van der Waals surface area contributed by atoms with E-state index < -0.39 is 0 Å². The fourth-order valence-electron chi connectivity index (χ4n) is 1.27. The second-order valence-corrected chi connectivity index (χ2v) is 3.93. The number of hydrogen-bond donors (Lipinski definition) is 1. The van der Waals surface area contributed by atoms with E-state index >= 15 is 0 Å². The van der Waals surface area contributed by atoms with Gasteiger partial charge in [-0.1, -0.05) is 0 Å². The normalized spacial score (nSPS) is 10.9. The Labute approximate surface area is 83.9 Å². The highest BCUT2D eigenvalue weighted by Gasteiger charge is 2.07. The third-order valence-corrected chi connectivity index (χ3v) is 3.19. The van der Waals surface area contributed by atoms with Crippen molar-refractivity contribution in [2.45, 2.75) is 5.88 Å². The SMILES string of the molecule is Nc1cc(CCl)cc2c(F)csc12. The van der Waals surface area contributed by atoms with Crippen LogP contribution >= 0.6 is 22.9 Å². The maximum atomic E-state index is 13.2. The van der Waals surface area contributed by atoms with Crippen LogP contribution in [0.15, 0.2) is 17.5 Å². The minimum absolute atomic E-state index is 0.223. The summed E-state index contributed by atoms with van der Waals surface area (Å²) in [5.74, 6) is 0.133. The smallest absolute Gasteiger partial charge is 0.141 e. The Morgan fingerprint density at radius 2 is 2.23 bits per heavy atom. The van der Waals surface area contributed by atoms with Gasteiger partial charge in [0.25, 0.3) is 0 Å². The second kappa shape index (κ2) is 3.16. The van der Waals surface area contributed by atoms with Gasteiger partial charge in [0.05, 0.1) is 4.70 Å². The number of alkyl halides is 1. The molecule has 0 unspecified atom stereocenters. The van der Waals surface area contributed by atoms with Crippen molar-refractivity contribution in [3.63, 3.8) is 0 Å².